The Morgan fingerprint density at radius 1 is 1.16 bits per heavy atom. The van der Waals surface area contributed by atoms with Crippen LogP contribution in [0.15, 0.2) is 59.5 Å². The third-order valence-corrected chi connectivity index (χ3v) is 5.11. The number of aryl methyl sites for hydroxylation is 1. The fraction of sp³-hybridized carbons (Fsp3) is 0.158. The molecule has 1 N–H and O–H groups in total. The molecule has 0 unspecified atom stereocenters. The number of benzene rings is 2. The van der Waals surface area contributed by atoms with Crippen LogP contribution >= 0.6 is 23.4 Å². The van der Waals surface area contributed by atoms with Crippen molar-refractivity contribution in [2.75, 3.05) is 5.32 Å². The summed E-state index contributed by atoms with van der Waals surface area (Å²) in [5.41, 5.74) is 3.70. The van der Waals surface area contributed by atoms with E-state index in [0.29, 0.717) is 5.15 Å². The van der Waals surface area contributed by atoms with Gasteiger partial charge in [0.15, 0.2) is 0 Å². The number of rotatable bonds is 5. The maximum Gasteiger partial charge on any atom is 0.221 e. The number of hydrogen-bond acceptors (Lipinski definition) is 3. The summed E-state index contributed by atoms with van der Waals surface area (Å²) in [4.78, 5) is 12.2. The third kappa shape index (κ3) is 4.24. The summed E-state index contributed by atoms with van der Waals surface area (Å²) in [6.07, 6.45) is 0. The van der Waals surface area contributed by atoms with Crippen LogP contribution in [-0.4, -0.2) is 15.7 Å². The molecule has 0 radical (unpaired) electrons. The minimum Gasteiger partial charge on any atom is -0.326 e. The first-order valence-electron chi connectivity index (χ1n) is 7.84. The molecule has 128 valence electrons. The van der Waals surface area contributed by atoms with Gasteiger partial charge in [-0.05, 0) is 43.3 Å². The third-order valence-electron chi connectivity index (χ3n) is 3.68. The molecule has 0 aliphatic heterocycles. The quantitative estimate of drug-likeness (QED) is 0.636. The Bertz CT molecular complexity index is 876. The average Bonchev–Trinajstić information content (AvgIpc) is 2.89. The Morgan fingerprint density at radius 2 is 1.84 bits per heavy atom. The number of aromatic nitrogens is 2. The van der Waals surface area contributed by atoms with Crippen LogP contribution in [0, 0.1) is 6.92 Å². The van der Waals surface area contributed by atoms with Gasteiger partial charge in [-0.25, -0.2) is 4.68 Å². The molecule has 0 aliphatic carbocycles. The molecule has 1 aromatic heterocycles. The number of carbonyl (C=O) groups excluding carboxylic acids is 1. The van der Waals surface area contributed by atoms with Crippen molar-refractivity contribution in [2.45, 2.75) is 24.5 Å². The first-order valence-corrected chi connectivity index (χ1v) is 9.21. The Labute approximate surface area is 156 Å². The maximum atomic E-state index is 11.1. The number of nitrogens with one attached hydrogen (secondary N) is 1. The average molecular weight is 372 g/mol. The van der Waals surface area contributed by atoms with Gasteiger partial charge >= 0.3 is 0 Å². The number of amides is 1. The van der Waals surface area contributed by atoms with Crippen LogP contribution in [0.5, 0.6) is 0 Å². The number of nitrogens with zero attached hydrogens (tertiary/aromatic N) is 2. The molecule has 3 rings (SSSR count). The summed E-state index contributed by atoms with van der Waals surface area (Å²) in [7, 11) is 0. The number of carbonyl (C=O) groups is 1. The minimum atomic E-state index is -0.0730. The van der Waals surface area contributed by atoms with Crippen molar-refractivity contribution in [3.8, 4) is 5.69 Å². The Hall–Kier alpha value is -2.24. The van der Waals surface area contributed by atoms with E-state index in [-0.39, 0.29) is 5.91 Å². The molecule has 25 heavy (non-hydrogen) atoms. The van der Waals surface area contributed by atoms with Gasteiger partial charge in [-0.15, -0.1) is 11.8 Å². The number of hydrogen-bond donors (Lipinski definition) is 1. The summed E-state index contributed by atoms with van der Waals surface area (Å²) in [5, 5.41) is 7.97. The molecule has 0 atom stereocenters. The highest BCUT2D eigenvalue weighted by Gasteiger charge is 2.14. The lowest BCUT2D eigenvalue weighted by atomic mass is 10.3. The summed E-state index contributed by atoms with van der Waals surface area (Å²) >= 11 is 8.24. The molecule has 0 saturated carbocycles. The summed E-state index contributed by atoms with van der Waals surface area (Å²) in [6, 6.07) is 17.6. The molecule has 3 aromatic rings. The molecular weight excluding hydrogens is 354 g/mol. The normalized spacial score (nSPS) is 10.7. The van der Waals surface area contributed by atoms with Gasteiger partial charge in [0.1, 0.15) is 5.15 Å². The van der Waals surface area contributed by atoms with E-state index >= 15 is 0 Å². The van der Waals surface area contributed by atoms with E-state index in [1.54, 1.807) is 16.4 Å². The molecule has 0 fully saturated rings. The number of halogens is 1. The van der Waals surface area contributed by atoms with E-state index in [9.17, 15) is 4.79 Å². The lowest BCUT2D eigenvalue weighted by molar-refractivity contribution is -0.114. The van der Waals surface area contributed by atoms with Crippen LogP contribution in [0.2, 0.25) is 5.15 Å². The number of anilines is 1. The molecule has 0 saturated heterocycles. The molecule has 0 aliphatic rings. The van der Waals surface area contributed by atoms with E-state index in [1.165, 1.54) is 6.92 Å². The van der Waals surface area contributed by atoms with E-state index in [2.05, 4.69) is 10.4 Å². The van der Waals surface area contributed by atoms with Crippen molar-refractivity contribution >= 4 is 35.0 Å². The van der Waals surface area contributed by atoms with Gasteiger partial charge in [0.2, 0.25) is 5.91 Å². The first-order chi connectivity index (χ1) is 12.0. The van der Waals surface area contributed by atoms with Crippen molar-refractivity contribution in [3.63, 3.8) is 0 Å². The van der Waals surface area contributed by atoms with Gasteiger partial charge in [-0.2, -0.15) is 5.10 Å². The second kappa shape index (κ2) is 7.76. The monoisotopic (exact) mass is 371 g/mol. The van der Waals surface area contributed by atoms with Crippen LogP contribution in [0.25, 0.3) is 5.69 Å². The van der Waals surface area contributed by atoms with Crippen molar-refractivity contribution in [2.24, 2.45) is 0 Å². The van der Waals surface area contributed by atoms with Gasteiger partial charge in [-0.3, -0.25) is 4.79 Å². The summed E-state index contributed by atoms with van der Waals surface area (Å²) < 4.78 is 1.77. The van der Waals surface area contributed by atoms with Crippen molar-refractivity contribution < 1.29 is 4.79 Å². The zero-order chi connectivity index (χ0) is 17.8. The van der Waals surface area contributed by atoms with Crippen LogP contribution in [0.3, 0.4) is 0 Å². The summed E-state index contributed by atoms with van der Waals surface area (Å²) in [6.45, 7) is 3.47. The van der Waals surface area contributed by atoms with E-state index in [1.807, 2.05) is 61.5 Å². The molecular formula is C19H18ClN3OS. The Kier molecular flexibility index (Phi) is 5.46. The van der Waals surface area contributed by atoms with Crippen LogP contribution in [0.1, 0.15) is 18.2 Å². The van der Waals surface area contributed by atoms with Gasteiger partial charge in [0.05, 0.1) is 11.4 Å². The lowest BCUT2D eigenvalue weighted by Gasteiger charge is -2.05. The molecule has 6 heteroatoms. The second-order valence-corrected chi connectivity index (χ2v) is 7.00. The zero-order valence-electron chi connectivity index (χ0n) is 14.0. The highest BCUT2D eigenvalue weighted by Crippen LogP contribution is 2.30. The fourth-order valence-electron chi connectivity index (χ4n) is 2.43. The van der Waals surface area contributed by atoms with E-state index in [0.717, 1.165) is 33.3 Å². The van der Waals surface area contributed by atoms with Gasteiger partial charge < -0.3 is 5.32 Å². The van der Waals surface area contributed by atoms with Crippen LogP contribution in [0.4, 0.5) is 5.69 Å². The lowest BCUT2D eigenvalue weighted by Crippen LogP contribution is -2.05. The largest absolute Gasteiger partial charge is 0.326 e. The summed E-state index contributed by atoms with van der Waals surface area (Å²) in [5.74, 6) is 0.660. The topological polar surface area (TPSA) is 46.9 Å². The molecule has 2 aromatic carbocycles. The Balaban J connectivity index is 1.73. The predicted octanol–water partition coefficient (Wildman–Crippen LogP) is 5.08. The van der Waals surface area contributed by atoms with Crippen LogP contribution in [-0.2, 0) is 10.5 Å². The van der Waals surface area contributed by atoms with Crippen molar-refractivity contribution in [3.05, 3.63) is 71.0 Å². The standard InChI is InChI=1S/C19H18ClN3OS/c1-13-18(19(20)23(22-13)16-6-4-3-5-7-16)12-25-17-10-8-15(9-11-17)21-14(2)24/h3-11H,12H2,1-2H3,(H,21,24). The maximum absolute atomic E-state index is 11.1. The van der Waals surface area contributed by atoms with Gasteiger partial charge in [0.25, 0.3) is 0 Å². The SMILES string of the molecule is CC(=O)Nc1ccc(SCc2c(C)nn(-c3ccccc3)c2Cl)cc1. The van der Waals surface area contributed by atoms with Gasteiger partial charge in [0, 0.05) is 28.8 Å². The highest BCUT2D eigenvalue weighted by molar-refractivity contribution is 7.98. The first kappa shape index (κ1) is 17.6. The molecule has 1 heterocycles. The molecule has 1 amide bonds. The van der Waals surface area contributed by atoms with E-state index in [4.69, 9.17) is 11.6 Å². The second-order valence-electron chi connectivity index (χ2n) is 5.60. The van der Waals surface area contributed by atoms with Crippen LogP contribution < -0.4 is 5.32 Å². The fourth-order valence-corrected chi connectivity index (χ4v) is 3.83. The molecule has 0 bridgehead atoms. The van der Waals surface area contributed by atoms with E-state index < -0.39 is 0 Å². The van der Waals surface area contributed by atoms with Crippen molar-refractivity contribution in [1.82, 2.24) is 9.78 Å². The smallest absolute Gasteiger partial charge is 0.221 e. The molecule has 0 spiro atoms. The van der Waals surface area contributed by atoms with Gasteiger partial charge in [-0.1, -0.05) is 29.8 Å². The van der Waals surface area contributed by atoms with Crippen molar-refractivity contribution in [1.29, 1.82) is 0 Å². The zero-order valence-corrected chi connectivity index (χ0v) is 15.6. The minimum absolute atomic E-state index is 0.0730. The highest BCUT2D eigenvalue weighted by atomic mass is 35.5. The molecule has 4 nitrogen and oxygen atoms in total. The number of para-hydroxylation sites is 1. The Morgan fingerprint density at radius 3 is 2.48 bits per heavy atom. The number of thioether (sulfide) groups is 1. The predicted molar refractivity (Wildman–Crippen MR) is 104 cm³/mol.